The maximum absolute atomic E-state index is 15.2. The Balaban J connectivity index is 1.55. The monoisotopic (exact) mass is 739 g/mol. The van der Waals surface area contributed by atoms with Crippen LogP contribution >= 0.6 is 19.2 Å². The lowest BCUT2D eigenvalue weighted by atomic mass is 9.99. The summed E-state index contributed by atoms with van der Waals surface area (Å²) >= 11 is 0.396. The molecule has 0 aliphatic rings. The Morgan fingerprint density at radius 3 is 2.36 bits per heavy atom. The van der Waals surface area contributed by atoms with Gasteiger partial charge in [0.15, 0.2) is 0 Å². The van der Waals surface area contributed by atoms with E-state index in [1.807, 2.05) is 0 Å². The fourth-order valence-corrected chi connectivity index (χ4v) is 5.97. The van der Waals surface area contributed by atoms with E-state index in [1.54, 1.807) is 0 Å². The molecule has 0 atom stereocenters. The van der Waals surface area contributed by atoms with E-state index in [-0.39, 0.29) is 39.6 Å². The first-order chi connectivity index (χ1) is 23.8. The number of aromatic nitrogens is 2. The molecule has 0 saturated heterocycles. The largest absolute Gasteiger partial charge is 0.469 e. The fraction of sp³-hybridized carbons (Fsp3) is 0.333. The number of aryl methyl sites for hydroxylation is 1. The van der Waals surface area contributed by atoms with Gasteiger partial charge in [-0.3, -0.25) is 9.51 Å². The Hall–Kier alpha value is -4.21. The normalized spacial score (nSPS) is 11.7. The zero-order valence-corrected chi connectivity index (χ0v) is 28.5. The van der Waals surface area contributed by atoms with Crippen LogP contribution in [0.1, 0.15) is 72.5 Å². The predicted octanol–water partition coefficient (Wildman–Crippen LogP) is 8.96. The molecule has 0 aliphatic heterocycles. The standard InChI is InChI=1S/C33H34F4N3O8PS/c1-2-3-4-5-6-7-9-23-15-16-26(18-27(23)33(35,36)37)40(31-39-28(29(34)50-31)25-10-8-17-38-19-25)32(42)47-21-46-30(41)24-13-11-22(12-14-24)20-48-49(43,44)45/h8,10-19H,2-7,9,20-21H2,1H3,(H2,43,44,45). The maximum Gasteiger partial charge on any atom is 0.469 e. The molecule has 0 saturated carbocycles. The first-order valence-electron chi connectivity index (χ1n) is 15.5. The van der Waals surface area contributed by atoms with Gasteiger partial charge < -0.3 is 19.3 Å². The van der Waals surface area contributed by atoms with Crippen LogP contribution in [0.3, 0.4) is 0 Å². The number of benzene rings is 2. The van der Waals surface area contributed by atoms with Crippen LogP contribution in [0.2, 0.25) is 0 Å². The number of carbonyl (C=O) groups is 2. The Morgan fingerprint density at radius 2 is 1.70 bits per heavy atom. The van der Waals surface area contributed by atoms with Crippen molar-refractivity contribution in [1.29, 1.82) is 0 Å². The molecule has 0 bridgehead atoms. The van der Waals surface area contributed by atoms with Crippen LogP contribution in [0.25, 0.3) is 11.3 Å². The third-order valence-corrected chi connectivity index (χ3v) is 8.60. The number of pyridine rings is 1. The summed E-state index contributed by atoms with van der Waals surface area (Å²) in [6.07, 6.45) is 2.20. The van der Waals surface area contributed by atoms with Gasteiger partial charge in [-0.2, -0.15) is 17.6 Å². The van der Waals surface area contributed by atoms with Gasteiger partial charge in [0.25, 0.3) is 0 Å². The molecule has 268 valence electrons. The summed E-state index contributed by atoms with van der Waals surface area (Å²) in [6.45, 7) is 0.675. The molecular weight excluding hydrogens is 705 g/mol. The predicted molar refractivity (Wildman–Crippen MR) is 176 cm³/mol. The van der Waals surface area contributed by atoms with Gasteiger partial charge in [-0.15, -0.1) is 0 Å². The number of nitrogens with zero attached hydrogens (tertiary/aromatic N) is 3. The number of anilines is 2. The second-order valence-corrected chi connectivity index (χ2v) is 13.1. The van der Waals surface area contributed by atoms with Gasteiger partial charge >= 0.3 is 26.1 Å². The SMILES string of the molecule is CCCCCCCCc1ccc(N(C(=O)OCOC(=O)c2ccc(COP(=O)(O)O)cc2)c2nc(-c3cccnc3)c(F)s2)cc1C(F)(F)F. The molecular formula is C33H34F4N3O8PS. The molecule has 0 radical (unpaired) electrons. The molecule has 0 spiro atoms. The smallest absolute Gasteiger partial charge is 0.424 e. The van der Waals surface area contributed by atoms with Crippen molar-refractivity contribution in [3.05, 3.63) is 94.4 Å². The van der Waals surface area contributed by atoms with E-state index < -0.39 is 50.2 Å². The lowest BCUT2D eigenvalue weighted by molar-refractivity contribution is -0.138. The highest BCUT2D eigenvalue weighted by molar-refractivity contribution is 7.46. The number of phosphoric ester groups is 1. The molecule has 2 aromatic heterocycles. The number of thiazole rings is 1. The van der Waals surface area contributed by atoms with Crippen LogP contribution in [0.15, 0.2) is 67.0 Å². The van der Waals surface area contributed by atoms with Crippen LogP contribution < -0.4 is 4.90 Å². The molecule has 4 rings (SSSR count). The van der Waals surface area contributed by atoms with E-state index in [9.17, 15) is 27.3 Å². The second kappa shape index (κ2) is 17.6. The molecule has 1 amide bonds. The van der Waals surface area contributed by atoms with E-state index in [2.05, 4.69) is 21.4 Å². The van der Waals surface area contributed by atoms with Crippen molar-refractivity contribution in [3.63, 3.8) is 0 Å². The molecule has 11 nitrogen and oxygen atoms in total. The van der Waals surface area contributed by atoms with Gasteiger partial charge in [0.1, 0.15) is 5.69 Å². The second-order valence-electron chi connectivity index (χ2n) is 11.0. The van der Waals surface area contributed by atoms with E-state index in [1.165, 1.54) is 60.9 Å². The number of unbranched alkanes of at least 4 members (excludes halogenated alkanes) is 5. The minimum absolute atomic E-state index is 0.0169. The number of esters is 1. The number of amides is 1. The van der Waals surface area contributed by atoms with Crippen molar-refractivity contribution < 1.29 is 55.5 Å². The summed E-state index contributed by atoms with van der Waals surface area (Å²) in [5.41, 5.74) is -0.834. The van der Waals surface area contributed by atoms with E-state index in [4.69, 9.17) is 19.3 Å². The zero-order valence-electron chi connectivity index (χ0n) is 26.8. The molecule has 0 fully saturated rings. The average Bonchev–Trinajstić information content (AvgIpc) is 3.46. The van der Waals surface area contributed by atoms with E-state index >= 15 is 4.39 Å². The minimum atomic E-state index is -4.77. The van der Waals surface area contributed by atoms with Crippen molar-refractivity contribution in [1.82, 2.24) is 9.97 Å². The number of alkyl halides is 3. The molecule has 4 aromatic rings. The number of halogens is 4. The van der Waals surface area contributed by atoms with Crippen molar-refractivity contribution >= 4 is 42.0 Å². The van der Waals surface area contributed by atoms with Gasteiger partial charge in [-0.1, -0.05) is 68.6 Å². The first-order valence-corrected chi connectivity index (χ1v) is 17.8. The Morgan fingerprint density at radius 1 is 0.980 bits per heavy atom. The van der Waals surface area contributed by atoms with Crippen molar-refractivity contribution in [2.75, 3.05) is 11.7 Å². The lowest BCUT2D eigenvalue weighted by Gasteiger charge is -2.22. The third-order valence-electron chi connectivity index (χ3n) is 7.30. The van der Waals surface area contributed by atoms with Crippen molar-refractivity contribution in [3.8, 4) is 11.3 Å². The zero-order chi connectivity index (χ0) is 36.3. The number of carbonyl (C=O) groups excluding carboxylic acids is 2. The summed E-state index contributed by atoms with van der Waals surface area (Å²) in [7, 11) is -4.71. The third kappa shape index (κ3) is 11.2. The Bertz CT molecular complexity index is 1790. The maximum atomic E-state index is 15.2. The van der Waals surface area contributed by atoms with Crippen molar-refractivity contribution in [2.45, 2.75) is 64.7 Å². The van der Waals surface area contributed by atoms with Gasteiger partial charge in [-0.25, -0.2) is 24.0 Å². The number of phosphoric acid groups is 1. The van der Waals surface area contributed by atoms with Gasteiger partial charge in [-0.05, 0) is 60.4 Å². The van der Waals surface area contributed by atoms with Gasteiger partial charge in [0.2, 0.25) is 17.1 Å². The summed E-state index contributed by atoms with van der Waals surface area (Å²) in [6, 6.07) is 11.7. The van der Waals surface area contributed by atoms with Crippen molar-refractivity contribution in [2.24, 2.45) is 0 Å². The molecule has 0 aliphatic carbocycles. The number of hydrogen-bond acceptors (Lipinski definition) is 9. The van der Waals surface area contributed by atoms with Gasteiger partial charge in [0.05, 0.1) is 23.4 Å². The summed E-state index contributed by atoms with van der Waals surface area (Å²) in [5.74, 6) is -0.954. The highest BCUT2D eigenvalue weighted by Gasteiger charge is 2.35. The molecule has 2 N–H and O–H groups in total. The molecule has 17 heteroatoms. The van der Waals surface area contributed by atoms with Crippen LogP contribution in [-0.2, 0) is 37.8 Å². The van der Waals surface area contributed by atoms with Crippen LogP contribution in [0, 0.1) is 5.13 Å². The minimum Gasteiger partial charge on any atom is -0.424 e. The Labute approximate surface area is 289 Å². The molecule has 50 heavy (non-hydrogen) atoms. The topological polar surface area (TPSA) is 148 Å². The molecule has 0 unspecified atom stereocenters. The van der Waals surface area contributed by atoms with Crippen LogP contribution in [0.5, 0.6) is 0 Å². The lowest BCUT2D eigenvalue weighted by Crippen LogP contribution is -2.28. The quantitative estimate of drug-likeness (QED) is 0.0375. The highest BCUT2D eigenvalue weighted by Crippen LogP contribution is 2.40. The highest BCUT2D eigenvalue weighted by atomic mass is 32.1. The van der Waals surface area contributed by atoms with E-state index in [0.717, 1.165) is 38.2 Å². The Kier molecular flexibility index (Phi) is 13.6. The summed E-state index contributed by atoms with van der Waals surface area (Å²) < 4.78 is 83.5. The summed E-state index contributed by atoms with van der Waals surface area (Å²) in [4.78, 5) is 52.4. The molecule has 2 aromatic carbocycles. The number of rotatable bonds is 16. The van der Waals surface area contributed by atoms with Crippen LogP contribution in [-0.4, -0.2) is 38.6 Å². The summed E-state index contributed by atoms with van der Waals surface area (Å²) in [5, 5.41) is -1.18. The van der Waals surface area contributed by atoms with E-state index in [0.29, 0.717) is 28.2 Å². The van der Waals surface area contributed by atoms with Gasteiger partial charge in [0, 0.05) is 18.0 Å². The number of hydrogen-bond donors (Lipinski definition) is 2. The first kappa shape index (κ1) is 38.6. The fourth-order valence-electron chi connectivity index (χ4n) is 4.82. The van der Waals surface area contributed by atoms with Crippen LogP contribution in [0.4, 0.5) is 33.2 Å². The molecule has 2 heterocycles. The number of ether oxygens (including phenoxy) is 2. The average molecular weight is 740 g/mol.